The Bertz CT molecular complexity index is 1170. The number of nitrogens with zero attached hydrogens (tertiary/aromatic N) is 2. The van der Waals surface area contributed by atoms with Crippen molar-refractivity contribution >= 4 is 44.3 Å². The van der Waals surface area contributed by atoms with Crippen LogP contribution in [-0.2, 0) is 0 Å². The molecule has 0 radical (unpaired) electrons. The molecule has 110 valence electrons. The zero-order valence-corrected chi connectivity index (χ0v) is 12.9. The molecule has 0 saturated heterocycles. The highest BCUT2D eigenvalue weighted by atomic mass is 35.5. The van der Waals surface area contributed by atoms with Gasteiger partial charge in [-0.1, -0.05) is 35.9 Å². The normalized spacial score (nSPS) is 11.7. The fraction of sp³-hybridized carbons (Fsp3) is 0. The van der Waals surface area contributed by atoms with Crippen LogP contribution < -0.4 is 0 Å². The van der Waals surface area contributed by atoms with Gasteiger partial charge in [0, 0.05) is 27.4 Å². The number of para-hydroxylation sites is 1. The number of H-pyrrole nitrogens is 1. The molecule has 2 aromatic heterocycles. The van der Waals surface area contributed by atoms with Crippen molar-refractivity contribution < 1.29 is 0 Å². The molecule has 0 aliphatic heterocycles. The quantitative estimate of drug-likeness (QED) is 0.446. The van der Waals surface area contributed by atoms with Crippen molar-refractivity contribution in [3.63, 3.8) is 0 Å². The lowest BCUT2D eigenvalue weighted by Crippen LogP contribution is -1.94. The number of aromatic nitrogens is 3. The molecule has 5 aromatic rings. The van der Waals surface area contributed by atoms with E-state index >= 15 is 0 Å². The molecule has 1 N–H and O–H groups in total. The molecule has 3 aromatic carbocycles. The number of fused-ring (bicyclic) bond motifs is 5. The Hall–Kier alpha value is -2.78. The molecule has 3 nitrogen and oxygen atoms in total. The summed E-state index contributed by atoms with van der Waals surface area (Å²) in [7, 11) is 0. The van der Waals surface area contributed by atoms with Crippen molar-refractivity contribution in [2.24, 2.45) is 0 Å². The first-order valence-electron chi connectivity index (χ1n) is 7.44. The summed E-state index contributed by atoms with van der Waals surface area (Å²) in [6.07, 6.45) is 2.01. The number of benzene rings is 3. The van der Waals surface area contributed by atoms with Crippen LogP contribution in [0.5, 0.6) is 0 Å². The Balaban J connectivity index is 1.87. The van der Waals surface area contributed by atoms with Gasteiger partial charge in [0.15, 0.2) is 0 Å². The van der Waals surface area contributed by atoms with Crippen LogP contribution in [-0.4, -0.2) is 14.8 Å². The van der Waals surface area contributed by atoms with Gasteiger partial charge in [-0.05, 0) is 36.4 Å². The summed E-state index contributed by atoms with van der Waals surface area (Å²) in [5, 5.41) is 7.44. The number of nitrogens with one attached hydrogen (secondary N) is 1. The summed E-state index contributed by atoms with van der Waals surface area (Å²) in [4.78, 5) is 4.79. The van der Waals surface area contributed by atoms with Gasteiger partial charge in [0.2, 0.25) is 0 Å². The monoisotopic (exact) mass is 317 g/mol. The van der Waals surface area contributed by atoms with Gasteiger partial charge in [0.05, 0.1) is 22.2 Å². The molecule has 0 unspecified atom stereocenters. The molecule has 23 heavy (non-hydrogen) atoms. The highest BCUT2D eigenvalue weighted by Gasteiger charge is 2.12. The van der Waals surface area contributed by atoms with Gasteiger partial charge in [-0.15, -0.1) is 0 Å². The molecule has 5 rings (SSSR count). The standard InChI is InChI=1S/C19H12ClN3/c20-12-6-7-14-15-8-9-18-16(19(15)22-17(14)10-12)11-21-23(18)13-4-2-1-3-5-13/h1-11,21H. The van der Waals surface area contributed by atoms with Crippen molar-refractivity contribution in [2.75, 3.05) is 0 Å². The first kappa shape index (κ1) is 12.7. The Kier molecular flexibility index (Phi) is 2.55. The van der Waals surface area contributed by atoms with E-state index < -0.39 is 0 Å². The van der Waals surface area contributed by atoms with E-state index in [1.54, 1.807) is 0 Å². The summed E-state index contributed by atoms with van der Waals surface area (Å²) in [6.45, 7) is 0. The number of halogens is 1. The van der Waals surface area contributed by atoms with Crippen LogP contribution in [0.4, 0.5) is 0 Å². The van der Waals surface area contributed by atoms with Gasteiger partial charge in [0.1, 0.15) is 0 Å². The summed E-state index contributed by atoms with van der Waals surface area (Å²) in [5.41, 5.74) is 4.15. The number of hydrogen-bond acceptors (Lipinski definition) is 1. The van der Waals surface area contributed by atoms with Crippen molar-refractivity contribution in [2.45, 2.75) is 0 Å². The molecule has 0 aliphatic carbocycles. The van der Waals surface area contributed by atoms with E-state index in [4.69, 9.17) is 16.6 Å². The third-order valence-electron chi connectivity index (χ3n) is 4.27. The van der Waals surface area contributed by atoms with E-state index in [2.05, 4.69) is 34.0 Å². The predicted molar refractivity (Wildman–Crippen MR) is 95.4 cm³/mol. The summed E-state index contributed by atoms with van der Waals surface area (Å²) in [5.74, 6) is 0. The van der Waals surface area contributed by atoms with E-state index in [0.29, 0.717) is 5.02 Å². The lowest BCUT2D eigenvalue weighted by molar-refractivity contribution is 0.911. The second-order valence-electron chi connectivity index (χ2n) is 5.61. The fourth-order valence-corrected chi connectivity index (χ4v) is 3.37. The van der Waals surface area contributed by atoms with Crippen LogP contribution in [0.15, 0.2) is 66.9 Å². The minimum atomic E-state index is 0.713. The second-order valence-corrected chi connectivity index (χ2v) is 6.05. The van der Waals surface area contributed by atoms with Gasteiger partial charge in [0.25, 0.3) is 0 Å². The van der Waals surface area contributed by atoms with Crippen LogP contribution in [0, 0.1) is 0 Å². The molecule has 2 heterocycles. The summed E-state index contributed by atoms with van der Waals surface area (Å²) in [6, 6.07) is 20.4. The van der Waals surface area contributed by atoms with E-state index in [-0.39, 0.29) is 0 Å². The van der Waals surface area contributed by atoms with E-state index in [9.17, 15) is 0 Å². The van der Waals surface area contributed by atoms with Crippen LogP contribution in [0.25, 0.3) is 38.4 Å². The van der Waals surface area contributed by atoms with Crippen molar-refractivity contribution in [1.29, 1.82) is 0 Å². The third kappa shape index (κ3) is 1.80. The maximum Gasteiger partial charge on any atom is 0.0825 e. The zero-order valence-electron chi connectivity index (χ0n) is 12.1. The largest absolute Gasteiger partial charge is 0.300 e. The second kappa shape index (κ2) is 4.61. The minimum Gasteiger partial charge on any atom is -0.300 e. The third-order valence-corrected chi connectivity index (χ3v) is 4.50. The fourth-order valence-electron chi connectivity index (χ4n) is 3.21. The number of rotatable bonds is 1. The lowest BCUT2D eigenvalue weighted by atomic mass is 10.1. The smallest absolute Gasteiger partial charge is 0.0825 e. The molecule has 0 fully saturated rings. The topological polar surface area (TPSA) is 33.6 Å². The van der Waals surface area contributed by atoms with Crippen molar-refractivity contribution in [1.82, 2.24) is 14.8 Å². The summed E-state index contributed by atoms with van der Waals surface area (Å²) >= 11 is 6.10. The molecule has 4 heteroatoms. The van der Waals surface area contributed by atoms with Gasteiger partial charge >= 0.3 is 0 Å². The minimum absolute atomic E-state index is 0.713. The average Bonchev–Trinajstić information content (AvgIpc) is 3.15. The average molecular weight is 318 g/mol. The van der Waals surface area contributed by atoms with E-state index in [1.807, 2.05) is 42.6 Å². The predicted octanol–water partition coefficient (Wildman–Crippen LogP) is 5.31. The molecule has 0 bridgehead atoms. The van der Waals surface area contributed by atoms with E-state index in [0.717, 1.165) is 38.4 Å². The Morgan fingerprint density at radius 3 is 2.57 bits per heavy atom. The van der Waals surface area contributed by atoms with E-state index in [1.165, 1.54) is 0 Å². The SMILES string of the molecule is Clc1ccc2c(c1)nc1c2ccc2c1c[nH]n2-c1ccccc1. The van der Waals surface area contributed by atoms with Crippen LogP contribution in [0.1, 0.15) is 0 Å². The maximum absolute atomic E-state index is 6.10. The molecule has 0 spiro atoms. The van der Waals surface area contributed by atoms with Crippen molar-refractivity contribution in [3.05, 3.63) is 71.9 Å². The van der Waals surface area contributed by atoms with Crippen LogP contribution >= 0.6 is 11.6 Å². The molecule has 0 amide bonds. The maximum atomic E-state index is 6.10. The molecule has 0 aliphatic rings. The Labute approximate surface area is 137 Å². The summed E-state index contributed by atoms with van der Waals surface area (Å²) < 4.78 is 2.07. The molecular weight excluding hydrogens is 306 g/mol. The lowest BCUT2D eigenvalue weighted by Gasteiger charge is -2.04. The number of hydrogen-bond donors (Lipinski definition) is 1. The number of aromatic amines is 1. The molecule has 0 saturated carbocycles. The van der Waals surface area contributed by atoms with Crippen molar-refractivity contribution in [3.8, 4) is 5.69 Å². The van der Waals surface area contributed by atoms with Gasteiger partial charge in [-0.3, -0.25) is 4.68 Å². The zero-order chi connectivity index (χ0) is 15.4. The van der Waals surface area contributed by atoms with Gasteiger partial charge in [-0.2, -0.15) is 0 Å². The highest BCUT2D eigenvalue weighted by Crippen LogP contribution is 2.32. The Morgan fingerprint density at radius 1 is 0.870 bits per heavy atom. The van der Waals surface area contributed by atoms with Crippen LogP contribution in [0.2, 0.25) is 5.02 Å². The van der Waals surface area contributed by atoms with Crippen LogP contribution in [0.3, 0.4) is 0 Å². The van der Waals surface area contributed by atoms with Gasteiger partial charge < -0.3 is 5.10 Å². The molecule has 0 atom stereocenters. The highest BCUT2D eigenvalue weighted by molar-refractivity contribution is 6.31. The Morgan fingerprint density at radius 2 is 1.70 bits per heavy atom. The first-order valence-corrected chi connectivity index (χ1v) is 7.82. The first-order chi connectivity index (χ1) is 11.3. The van der Waals surface area contributed by atoms with Gasteiger partial charge in [-0.25, -0.2) is 4.98 Å². The molecular formula is C19H12ClN3.